The summed E-state index contributed by atoms with van der Waals surface area (Å²) in [5, 5.41) is 7.64. The van der Waals surface area contributed by atoms with Gasteiger partial charge in [-0.3, -0.25) is 0 Å². The van der Waals surface area contributed by atoms with E-state index in [0.29, 0.717) is 12.3 Å². The van der Waals surface area contributed by atoms with Crippen LogP contribution in [0, 0.1) is 5.92 Å². The fourth-order valence-corrected chi connectivity index (χ4v) is 3.44. The lowest BCUT2D eigenvalue weighted by Crippen LogP contribution is -2.37. The number of hydrogen-bond donors (Lipinski definition) is 1. The van der Waals surface area contributed by atoms with Gasteiger partial charge in [-0.15, -0.1) is 0 Å². The lowest BCUT2D eigenvalue weighted by atomic mass is 9.87. The van der Waals surface area contributed by atoms with Crippen molar-refractivity contribution in [2.24, 2.45) is 5.92 Å². The van der Waals surface area contributed by atoms with Gasteiger partial charge in [0.25, 0.3) is 0 Å². The van der Waals surface area contributed by atoms with E-state index in [1.54, 1.807) is 6.08 Å². The zero-order valence-corrected chi connectivity index (χ0v) is 13.6. The zero-order valence-electron chi connectivity index (χ0n) is 13.6. The smallest absolute Gasteiger partial charge is 0.145 e. The van der Waals surface area contributed by atoms with Gasteiger partial charge in [-0.2, -0.15) is 0 Å². The molecule has 4 nitrogen and oxygen atoms in total. The monoisotopic (exact) mass is 307 g/mol. The van der Waals surface area contributed by atoms with Crippen LogP contribution >= 0.6 is 0 Å². The van der Waals surface area contributed by atoms with Crippen molar-refractivity contribution in [3.05, 3.63) is 22.8 Å². The minimum atomic E-state index is -0.0822. The number of likely N-dealkylation sites (N-methyl/N-ethyl adjacent to an activating group) is 1. The Morgan fingerprint density at radius 1 is 1.41 bits per heavy atom. The highest BCUT2D eigenvalue weighted by Gasteiger charge is 2.30. The summed E-state index contributed by atoms with van der Waals surface area (Å²) >= 11 is 0. The summed E-state index contributed by atoms with van der Waals surface area (Å²) in [7, 11) is 0. The molecule has 2 aliphatic rings. The number of fused-ring (bicyclic) bond motifs is 1. The lowest BCUT2D eigenvalue weighted by Gasteiger charge is -2.31. The maximum Gasteiger partial charge on any atom is 0.145 e. The van der Waals surface area contributed by atoms with E-state index in [2.05, 4.69) is 22.3 Å². The molecule has 0 amide bonds. The second-order valence-corrected chi connectivity index (χ2v) is 6.51. The predicted octanol–water partition coefficient (Wildman–Crippen LogP) is 2.97. The molecular formula is C17H26FN3O. The molecule has 1 fully saturated rings. The minimum absolute atomic E-state index is 0.0416. The van der Waals surface area contributed by atoms with Gasteiger partial charge in [0.15, 0.2) is 0 Å². The van der Waals surface area contributed by atoms with Crippen LogP contribution in [0.1, 0.15) is 49.6 Å². The maximum absolute atomic E-state index is 13.9. The van der Waals surface area contributed by atoms with Crippen LogP contribution in [0.2, 0.25) is 0 Å². The fourth-order valence-electron chi connectivity index (χ4n) is 3.44. The number of hydrogen-bond acceptors (Lipinski definition) is 4. The van der Waals surface area contributed by atoms with Gasteiger partial charge in [0, 0.05) is 36.9 Å². The second kappa shape index (κ2) is 6.92. The van der Waals surface area contributed by atoms with Gasteiger partial charge < -0.3 is 14.7 Å². The third kappa shape index (κ3) is 3.25. The molecule has 22 heavy (non-hydrogen) atoms. The number of aromatic nitrogens is 1. The topological polar surface area (TPSA) is 41.3 Å². The molecule has 3 rings (SSSR count). The maximum atomic E-state index is 13.9. The molecule has 0 bridgehead atoms. The van der Waals surface area contributed by atoms with Gasteiger partial charge in [-0.1, -0.05) is 19.0 Å². The van der Waals surface area contributed by atoms with Crippen LogP contribution in [0.15, 0.2) is 10.3 Å². The van der Waals surface area contributed by atoms with Gasteiger partial charge in [0.05, 0.1) is 5.69 Å². The molecule has 1 aliphatic heterocycles. The molecule has 1 saturated heterocycles. The van der Waals surface area contributed by atoms with E-state index in [1.807, 2.05) is 6.92 Å². The van der Waals surface area contributed by atoms with Crippen molar-refractivity contribution in [3.8, 4) is 0 Å². The Hall–Kier alpha value is -1.20. The number of allylic oxidation sites excluding steroid dienone is 1. The van der Waals surface area contributed by atoms with Gasteiger partial charge in [0.2, 0.25) is 0 Å². The van der Waals surface area contributed by atoms with Crippen LogP contribution in [0.25, 0.3) is 6.08 Å². The van der Waals surface area contributed by atoms with Crippen LogP contribution in [0.4, 0.5) is 4.39 Å². The van der Waals surface area contributed by atoms with Crippen LogP contribution in [-0.2, 0) is 6.42 Å². The first kappa shape index (κ1) is 15.7. The Morgan fingerprint density at radius 3 is 2.91 bits per heavy atom. The van der Waals surface area contributed by atoms with Crippen molar-refractivity contribution in [2.75, 3.05) is 32.7 Å². The molecule has 5 heteroatoms. The molecule has 0 aromatic carbocycles. The van der Waals surface area contributed by atoms with Crippen molar-refractivity contribution >= 4 is 6.08 Å². The van der Waals surface area contributed by atoms with Crippen LogP contribution in [-0.4, -0.2) is 42.8 Å². The van der Waals surface area contributed by atoms with E-state index >= 15 is 0 Å². The third-order valence-corrected chi connectivity index (χ3v) is 4.90. The van der Waals surface area contributed by atoms with E-state index in [1.165, 1.54) is 0 Å². The van der Waals surface area contributed by atoms with E-state index in [9.17, 15) is 4.39 Å². The second-order valence-electron chi connectivity index (χ2n) is 6.51. The first-order valence-corrected chi connectivity index (χ1v) is 8.47. The number of halogens is 1. The highest BCUT2D eigenvalue weighted by molar-refractivity contribution is 5.59. The van der Waals surface area contributed by atoms with Crippen LogP contribution in [0.3, 0.4) is 0 Å². The first-order valence-electron chi connectivity index (χ1n) is 8.47. The largest absolute Gasteiger partial charge is 0.360 e. The van der Waals surface area contributed by atoms with Crippen molar-refractivity contribution in [1.29, 1.82) is 0 Å². The van der Waals surface area contributed by atoms with E-state index in [4.69, 9.17) is 4.52 Å². The molecule has 1 N–H and O–H groups in total. The Morgan fingerprint density at radius 2 is 2.18 bits per heavy atom. The number of piperidine rings is 1. The Balaban J connectivity index is 1.62. The Bertz CT molecular complexity index is 532. The summed E-state index contributed by atoms with van der Waals surface area (Å²) in [5.41, 5.74) is 1.89. The quantitative estimate of drug-likeness (QED) is 0.849. The average Bonchev–Trinajstić information content (AvgIpc) is 2.91. The van der Waals surface area contributed by atoms with E-state index < -0.39 is 0 Å². The normalized spacial score (nSPS) is 23.4. The molecule has 1 aromatic heterocycles. The minimum Gasteiger partial charge on any atom is -0.360 e. The van der Waals surface area contributed by atoms with Crippen LogP contribution in [0.5, 0.6) is 0 Å². The summed E-state index contributed by atoms with van der Waals surface area (Å²) < 4.78 is 19.4. The fraction of sp³-hybridized carbons (Fsp3) is 0.706. The van der Waals surface area contributed by atoms with Crippen LogP contribution < -0.4 is 5.32 Å². The Labute approximate surface area is 131 Å². The highest BCUT2D eigenvalue weighted by Crippen LogP contribution is 2.37. The predicted molar refractivity (Wildman–Crippen MR) is 85.4 cm³/mol. The number of nitrogens with zero attached hydrogens (tertiary/aromatic N) is 2. The van der Waals surface area contributed by atoms with Gasteiger partial charge in [-0.05, 0) is 38.6 Å². The van der Waals surface area contributed by atoms with E-state index in [0.717, 1.165) is 62.6 Å². The van der Waals surface area contributed by atoms with E-state index in [-0.39, 0.29) is 11.7 Å². The summed E-state index contributed by atoms with van der Waals surface area (Å²) in [6.45, 7) is 9.36. The molecule has 1 unspecified atom stereocenters. The van der Waals surface area contributed by atoms with Gasteiger partial charge in [-0.25, -0.2) is 4.39 Å². The molecule has 122 valence electrons. The first-order chi connectivity index (χ1) is 10.7. The molecule has 2 heterocycles. The SMILES string of the molecule is CCNCCN1CCC(c2noc3c2C=C(F)C(C)C3)CC1. The molecule has 1 aliphatic carbocycles. The summed E-state index contributed by atoms with van der Waals surface area (Å²) in [6.07, 6.45) is 4.44. The van der Waals surface area contributed by atoms with Crippen molar-refractivity contribution in [3.63, 3.8) is 0 Å². The molecule has 1 aromatic rings. The lowest BCUT2D eigenvalue weighted by molar-refractivity contribution is 0.209. The molecule has 1 atom stereocenters. The Kier molecular flexibility index (Phi) is 4.93. The zero-order chi connectivity index (χ0) is 15.5. The molecular weight excluding hydrogens is 281 g/mol. The summed E-state index contributed by atoms with van der Waals surface area (Å²) in [6, 6.07) is 0. The number of likely N-dealkylation sites (tertiary alicyclic amines) is 1. The summed E-state index contributed by atoms with van der Waals surface area (Å²) in [5.74, 6) is 1.14. The van der Waals surface area contributed by atoms with Crippen molar-refractivity contribution in [1.82, 2.24) is 15.4 Å². The van der Waals surface area contributed by atoms with Gasteiger partial charge >= 0.3 is 0 Å². The third-order valence-electron chi connectivity index (χ3n) is 4.90. The van der Waals surface area contributed by atoms with Crippen molar-refractivity contribution < 1.29 is 8.91 Å². The van der Waals surface area contributed by atoms with Gasteiger partial charge in [0.1, 0.15) is 11.6 Å². The summed E-state index contributed by atoms with van der Waals surface area (Å²) in [4.78, 5) is 2.49. The highest BCUT2D eigenvalue weighted by atomic mass is 19.1. The van der Waals surface area contributed by atoms with Crippen molar-refractivity contribution in [2.45, 2.75) is 39.0 Å². The number of rotatable bonds is 5. The standard InChI is InChI=1S/C17H26FN3O/c1-3-19-6-9-21-7-4-13(5-8-21)17-14-11-15(18)12(2)10-16(14)22-20-17/h11-13,19H,3-10H2,1-2H3. The average molecular weight is 307 g/mol. The number of nitrogens with one attached hydrogen (secondary N) is 1. The molecule has 0 radical (unpaired) electrons. The molecule has 0 spiro atoms. The molecule has 0 saturated carbocycles.